The Hall–Kier alpha value is -2.67. The van der Waals surface area contributed by atoms with E-state index in [1.165, 1.54) is 11.8 Å². The molecule has 0 aromatic heterocycles. The van der Waals surface area contributed by atoms with Gasteiger partial charge in [0.1, 0.15) is 6.61 Å². The van der Waals surface area contributed by atoms with Crippen molar-refractivity contribution in [2.75, 3.05) is 0 Å². The molecule has 0 radical (unpaired) electrons. The first kappa shape index (κ1) is 17.2. The topological polar surface area (TPSA) is 104 Å². The van der Waals surface area contributed by atoms with Gasteiger partial charge in [0.05, 0.1) is 18.1 Å². The van der Waals surface area contributed by atoms with Gasteiger partial charge in [0.15, 0.2) is 6.04 Å². The van der Waals surface area contributed by atoms with Gasteiger partial charge >= 0.3 is 11.9 Å². The van der Waals surface area contributed by atoms with Crippen molar-refractivity contribution in [2.45, 2.75) is 38.1 Å². The van der Waals surface area contributed by atoms with E-state index in [0.29, 0.717) is 5.57 Å². The highest BCUT2D eigenvalue weighted by atomic mass is 16.5. The van der Waals surface area contributed by atoms with Gasteiger partial charge in [-0.15, -0.1) is 0 Å². The normalized spacial score (nSPS) is 27.6. The highest BCUT2D eigenvalue weighted by Crippen LogP contribution is 2.43. The number of esters is 1. The molecule has 3 rings (SSSR count). The molecule has 1 amide bonds. The monoisotopic (exact) mass is 345 g/mol. The molecule has 2 N–H and O–H groups in total. The van der Waals surface area contributed by atoms with Crippen molar-refractivity contribution in [1.29, 1.82) is 0 Å². The number of hydrogen-bond donors (Lipinski definition) is 2. The van der Waals surface area contributed by atoms with Gasteiger partial charge < -0.3 is 19.8 Å². The van der Waals surface area contributed by atoms with Gasteiger partial charge in [-0.25, -0.2) is 9.59 Å². The first-order valence-corrected chi connectivity index (χ1v) is 8.04. The minimum absolute atomic E-state index is 0.0869. The smallest absolute Gasteiger partial charge is 0.331 e. The lowest BCUT2D eigenvalue weighted by molar-refractivity contribution is -0.169. The van der Waals surface area contributed by atoms with Crippen molar-refractivity contribution in [3.05, 3.63) is 47.5 Å². The third-order valence-corrected chi connectivity index (χ3v) is 4.67. The summed E-state index contributed by atoms with van der Waals surface area (Å²) in [7, 11) is 0. The molecule has 0 spiro atoms. The maximum Gasteiger partial charge on any atom is 0.331 e. The zero-order valence-electron chi connectivity index (χ0n) is 13.7. The van der Waals surface area contributed by atoms with Crippen LogP contribution in [-0.4, -0.2) is 51.1 Å². The Morgan fingerprint density at radius 3 is 2.64 bits per heavy atom. The number of rotatable bonds is 5. The minimum atomic E-state index is -1.19. The van der Waals surface area contributed by atoms with Crippen LogP contribution in [0.2, 0.25) is 0 Å². The Kier molecular flexibility index (Phi) is 4.59. The molecule has 2 fully saturated rings. The number of carbonyl (C=O) groups is 3. The lowest BCUT2D eigenvalue weighted by Crippen LogP contribution is -2.64. The molecular weight excluding hydrogens is 326 g/mol. The van der Waals surface area contributed by atoms with Gasteiger partial charge in [-0.1, -0.05) is 30.3 Å². The van der Waals surface area contributed by atoms with E-state index in [0.717, 1.165) is 11.6 Å². The minimum Gasteiger partial charge on any atom is -0.479 e. The molecule has 132 valence electrons. The number of β-lactam (4-membered cyclic amide) rings is 1. The number of nitrogens with zero attached hydrogens (tertiary/aromatic N) is 1. The lowest BCUT2D eigenvalue weighted by atomic mass is 9.84. The number of carboxylic acids is 1. The summed E-state index contributed by atoms with van der Waals surface area (Å²) >= 11 is 0. The molecule has 2 saturated heterocycles. The average molecular weight is 345 g/mol. The van der Waals surface area contributed by atoms with Crippen molar-refractivity contribution >= 4 is 17.8 Å². The van der Waals surface area contributed by atoms with E-state index >= 15 is 0 Å². The molecule has 7 heteroatoms. The average Bonchev–Trinajstić information content (AvgIpc) is 2.88. The van der Waals surface area contributed by atoms with Crippen LogP contribution in [0.5, 0.6) is 0 Å². The number of aliphatic hydroxyl groups is 1. The molecule has 1 aromatic carbocycles. The fourth-order valence-corrected chi connectivity index (χ4v) is 3.53. The van der Waals surface area contributed by atoms with E-state index in [9.17, 15) is 24.6 Å². The highest BCUT2D eigenvalue weighted by molar-refractivity contribution is 5.96. The van der Waals surface area contributed by atoms with Crippen LogP contribution in [0, 0.1) is 5.92 Å². The van der Waals surface area contributed by atoms with E-state index in [-0.39, 0.29) is 19.1 Å². The molecule has 4 atom stereocenters. The fraction of sp³-hybridized carbons (Fsp3) is 0.389. The molecular formula is C18H19NO6. The zero-order valence-corrected chi connectivity index (χ0v) is 13.7. The number of ether oxygens (including phenoxy) is 1. The van der Waals surface area contributed by atoms with Crippen LogP contribution in [0.25, 0.3) is 0 Å². The van der Waals surface area contributed by atoms with Crippen LogP contribution in [-0.2, 0) is 25.7 Å². The summed E-state index contributed by atoms with van der Waals surface area (Å²) in [5.41, 5.74) is 1.15. The number of benzene rings is 1. The molecule has 2 aliphatic rings. The van der Waals surface area contributed by atoms with Crippen molar-refractivity contribution in [2.24, 2.45) is 5.92 Å². The van der Waals surface area contributed by atoms with Crippen molar-refractivity contribution < 1.29 is 29.3 Å². The van der Waals surface area contributed by atoms with E-state index in [1.807, 2.05) is 30.3 Å². The molecule has 0 saturated carbocycles. The number of aliphatic carboxylic acids is 1. The van der Waals surface area contributed by atoms with Gasteiger partial charge in [-0.05, 0) is 24.5 Å². The van der Waals surface area contributed by atoms with Crippen LogP contribution >= 0.6 is 0 Å². The second-order valence-corrected chi connectivity index (χ2v) is 6.34. The van der Waals surface area contributed by atoms with Crippen LogP contribution in [0.15, 0.2) is 42.0 Å². The number of amides is 1. The first-order valence-electron chi connectivity index (χ1n) is 8.04. The summed E-state index contributed by atoms with van der Waals surface area (Å²) in [6, 6.07) is 7.57. The second-order valence-electron chi connectivity index (χ2n) is 6.34. The van der Waals surface area contributed by atoms with E-state index in [1.54, 1.807) is 0 Å². The Bertz CT molecular complexity index is 726. The van der Waals surface area contributed by atoms with Crippen LogP contribution in [0.4, 0.5) is 0 Å². The van der Waals surface area contributed by atoms with Crippen LogP contribution < -0.4 is 0 Å². The molecule has 0 aliphatic carbocycles. The van der Waals surface area contributed by atoms with Crippen molar-refractivity contribution in [3.8, 4) is 0 Å². The van der Waals surface area contributed by atoms with Gasteiger partial charge in [-0.2, -0.15) is 0 Å². The van der Waals surface area contributed by atoms with E-state index in [2.05, 4.69) is 0 Å². The largest absolute Gasteiger partial charge is 0.479 e. The standard InChI is InChI=1S/C18H19NO6/c1-10(20)15-13-7-12(16(18(23)24)19(13)17(15)22)8-14(21)25-9-11-5-3-2-4-6-11/h2-6,8,10,13,15-16,20H,7,9H2,1H3,(H,23,24)/t10-,13-,15-,16-/m1/s1. The molecule has 0 bridgehead atoms. The van der Waals surface area contributed by atoms with Crippen molar-refractivity contribution in [1.82, 2.24) is 4.90 Å². The number of aliphatic hydroxyl groups excluding tert-OH is 1. The predicted molar refractivity (Wildman–Crippen MR) is 86.2 cm³/mol. The highest BCUT2D eigenvalue weighted by Gasteiger charge is 2.59. The first-order chi connectivity index (χ1) is 11.9. The summed E-state index contributed by atoms with van der Waals surface area (Å²) < 4.78 is 5.15. The van der Waals surface area contributed by atoms with Crippen LogP contribution in [0.3, 0.4) is 0 Å². The third-order valence-electron chi connectivity index (χ3n) is 4.67. The summed E-state index contributed by atoms with van der Waals surface area (Å²) in [5.74, 6) is -2.85. The number of carboxylic acid groups (broad SMARTS) is 1. The zero-order chi connectivity index (χ0) is 18.1. The maximum absolute atomic E-state index is 12.1. The second kappa shape index (κ2) is 6.68. The summed E-state index contributed by atoms with van der Waals surface area (Å²) in [6.07, 6.45) is 0.554. The SMILES string of the molecule is C[C@@H](O)[C@H]1C(=O)N2[C@@H](C(=O)O)C(=CC(=O)OCc3ccccc3)C[C@H]12. The number of carbonyl (C=O) groups excluding carboxylic acids is 2. The lowest BCUT2D eigenvalue weighted by Gasteiger charge is -2.45. The number of hydrogen-bond acceptors (Lipinski definition) is 5. The van der Waals surface area contributed by atoms with Crippen LogP contribution in [0.1, 0.15) is 18.9 Å². The molecule has 1 aromatic rings. The molecule has 2 heterocycles. The molecule has 2 aliphatic heterocycles. The summed E-state index contributed by atoms with van der Waals surface area (Å²) in [6.45, 7) is 1.59. The molecule has 0 unspecified atom stereocenters. The van der Waals surface area contributed by atoms with Gasteiger partial charge in [0.25, 0.3) is 0 Å². The van der Waals surface area contributed by atoms with E-state index in [4.69, 9.17) is 4.74 Å². The number of fused-ring (bicyclic) bond motifs is 1. The third kappa shape index (κ3) is 3.15. The summed E-state index contributed by atoms with van der Waals surface area (Å²) in [4.78, 5) is 36.9. The Morgan fingerprint density at radius 1 is 1.36 bits per heavy atom. The van der Waals surface area contributed by atoms with Gasteiger partial charge in [0, 0.05) is 6.08 Å². The molecule has 25 heavy (non-hydrogen) atoms. The Labute approximate surface area is 144 Å². The molecule has 7 nitrogen and oxygen atoms in total. The quantitative estimate of drug-likeness (QED) is 0.463. The van der Waals surface area contributed by atoms with Gasteiger partial charge in [0.2, 0.25) is 5.91 Å². The van der Waals surface area contributed by atoms with E-state index < -0.39 is 35.9 Å². The summed E-state index contributed by atoms with van der Waals surface area (Å²) in [5, 5.41) is 19.1. The predicted octanol–water partition coefficient (Wildman–Crippen LogP) is 0.721. The van der Waals surface area contributed by atoms with Crippen molar-refractivity contribution in [3.63, 3.8) is 0 Å². The Balaban J connectivity index is 1.72. The maximum atomic E-state index is 12.1. The fourth-order valence-electron chi connectivity index (χ4n) is 3.53. The Morgan fingerprint density at radius 2 is 2.04 bits per heavy atom. The van der Waals surface area contributed by atoms with Gasteiger partial charge in [-0.3, -0.25) is 4.79 Å².